The molecule has 5 heteroatoms. The number of hydrogen-bond acceptors (Lipinski definition) is 2. The smallest absolute Gasteiger partial charge is 0.217 e. The maximum atomic E-state index is 10.2. The quantitative estimate of drug-likeness (QED) is 0.440. The summed E-state index contributed by atoms with van der Waals surface area (Å²) in [5.74, 6) is 0.0127. The normalized spacial score (nSPS) is 7.17. The summed E-state index contributed by atoms with van der Waals surface area (Å²) in [5.41, 5.74) is 0. The van der Waals surface area contributed by atoms with Gasteiger partial charge in [0.15, 0.2) is 0 Å². The standard InChI is InChI=1S/C5H12N2O.C2H4.I2/c1-5(8)6-4-7(2)3;2*1-2/h4H2,1-3H3,(H,6,8);1-2H2;. The van der Waals surface area contributed by atoms with E-state index in [1.165, 1.54) is 6.92 Å². The van der Waals surface area contributed by atoms with Gasteiger partial charge in [-0.1, -0.05) is 0 Å². The van der Waals surface area contributed by atoms with Crippen molar-refractivity contribution in [2.75, 3.05) is 20.8 Å². The number of hydrogen-bond donors (Lipinski definition) is 1. The van der Waals surface area contributed by atoms with E-state index >= 15 is 0 Å². The highest BCUT2D eigenvalue weighted by atomic mass is 128. The molecular weight excluding hydrogens is 382 g/mol. The van der Waals surface area contributed by atoms with Crippen LogP contribution in [0.4, 0.5) is 0 Å². The van der Waals surface area contributed by atoms with E-state index in [-0.39, 0.29) is 5.91 Å². The molecule has 0 saturated carbocycles. The van der Waals surface area contributed by atoms with Crippen LogP contribution in [-0.2, 0) is 4.79 Å². The molecule has 12 heavy (non-hydrogen) atoms. The predicted molar refractivity (Wildman–Crippen MR) is 71.7 cm³/mol. The van der Waals surface area contributed by atoms with E-state index in [4.69, 9.17) is 0 Å². The van der Waals surface area contributed by atoms with Crippen molar-refractivity contribution in [3.63, 3.8) is 0 Å². The molecule has 0 heterocycles. The van der Waals surface area contributed by atoms with Crippen molar-refractivity contribution in [3.05, 3.63) is 13.2 Å². The van der Waals surface area contributed by atoms with Crippen LogP contribution in [0.5, 0.6) is 0 Å². The Labute approximate surface area is 98.3 Å². The summed E-state index contributed by atoms with van der Waals surface area (Å²) in [6, 6.07) is 0. The molecule has 0 bridgehead atoms. The highest BCUT2D eigenvalue weighted by molar-refractivity contribution is 15.0. The summed E-state index contributed by atoms with van der Waals surface area (Å²) >= 11 is 4.24. The van der Waals surface area contributed by atoms with Gasteiger partial charge in [0.1, 0.15) is 0 Å². The molecule has 0 aliphatic rings. The monoisotopic (exact) mass is 398 g/mol. The van der Waals surface area contributed by atoms with E-state index in [9.17, 15) is 4.79 Å². The lowest BCUT2D eigenvalue weighted by Crippen LogP contribution is -2.31. The van der Waals surface area contributed by atoms with Crippen molar-refractivity contribution in [1.82, 2.24) is 10.2 Å². The van der Waals surface area contributed by atoms with Crippen LogP contribution in [0.15, 0.2) is 13.2 Å². The average Bonchev–Trinajstić information content (AvgIpc) is 2.08. The van der Waals surface area contributed by atoms with E-state index in [0.29, 0.717) is 6.67 Å². The number of rotatable bonds is 2. The largest absolute Gasteiger partial charge is 0.344 e. The molecule has 0 aliphatic carbocycles. The first-order valence-electron chi connectivity index (χ1n) is 3.16. The van der Waals surface area contributed by atoms with Crippen molar-refractivity contribution in [2.45, 2.75) is 6.92 Å². The molecule has 0 saturated heterocycles. The van der Waals surface area contributed by atoms with Crippen LogP contribution in [0.25, 0.3) is 0 Å². The van der Waals surface area contributed by atoms with Crippen LogP contribution in [0.2, 0.25) is 0 Å². The van der Waals surface area contributed by atoms with Crippen LogP contribution in [0, 0.1) is 0 Å². The van der Waals surface area contributed by atoms with Gasteiger partial charge >= 0.3 is 0 Å². The Hall–Kier alpha value is 0.630. The Bertz CT molecular complexity index is 99.4. The van der Waals surface area contributed by atoms with Crippen molar-refractivity contribution >= 4 is 43.1 Å². The summed E-state index contributed by atoms with van der Waals surface area (Å²) in [4.78, 5) is 12.1. The first-order chi connectivity index (χ1) is 5.63. The van der Waals surface area contributed by atoms with Gasteiger partial charge in [0.2, 0.25) is 5.91 Å². The van der Waals surface area contributed by atoms with Crippen LogP contribution < -0.4 is 5.32 Å². The number of carbonyl (C=O) groups is 1. The third-order valence-corrected chi connectivity index (χ3v) is 0.644. The zero-order valence-electron chi connectivity index (χ0n) is 7.73. The summed E-state index contributed by atoms with van der Waals surface area (Å²) < 4.78 is 0. The highest BCUT2D eigenvalue weighted by Gasteiger charge is 1.88. The lowest BCUT2D eigenvalue weighted by Gasteiger charge is -2.08. The lowest BCUT2D eigenvalue weighted by atomic mass is 10.7. The molecule has 1 amide bonds. The van der Waals surface area contributed by atoms with Gasteiger partial charge in [0, 0.05) is 44.2 Å². The summed E-state index contributed by atoms with van der Waals surface area (Å²) in [5, 5.41) is 2.63. The first-order valence-corrected chi connectivity index (χ1v) is 9.45. The van der Waals surface area contributed by atoms with E-state index in [0.717, 1.165) is 0 Å². The third kappa shape index (κ3) is 31.1. The molecule has 0 radical (unpaired) electrons. The maximum absolute atomic E-state index is 10.2. The zero-order chi connectivity index (χ0) is 10.6. The molecule has 0 rings (SSSR count). The fourth-order valence-corrected chi connectivity index (χ4v) is 0.269. The lowest BCUT2D eigenvalue weighted by molar-refractivity contribution is -0.119. The van der Waals surface area contributed by atoms with E-state index in [1.807, 2.05) is 19.0 Å². The van der Waals surface area contributed by atoms with Gasteiger partial charge in [-0.15, -0.1) is 13.2 Å². The molecular formula is C7H16I2N2O. The highest BCUT2D eigenvalue weighted by Crippen LogP contribution is 1.89. The molecule has 0 unspecified atom stereocenters. The summed E-state index contributed by atoms with van der Waals surface area (Å²) in [6.45, 7) is 8.12. The van der Waals surface area contributed by atoms with Crippen LogP contribution >= 0.6 is 37.2 Å². The Morgan fingerprint density at radius 2 is 1.75 bits per heavy atom. The number of nitrogens with one attached hydrogen (secondary N) is 1. The maximum Gasteiger partial charge on any atom is 0.217 e. The molecule has 0 aromatic heterocycles. The molecule has 0 aromatic carbocycles. The Kier molecular flexibility index (Phi) is 27.1. The Morgan fingerprint density at radius 1 is 1.42 bits per heavy atom. The third-order valence-electron chi connectivity index (χ3n) is 0.644. The van der Waals surface area contributed by atoms with Gasteiger partial charge in [0.05, 0.1) is 6.67 Å². The van der Waals surface area contributed by atoms with Crippen molar-refractivity contribution in [2.24, 2.45) is 0 Å². The van der Waals surface area contributed by atoms with Gasteiger partial charge in [0.25, 0.3) is 0 Å². The molecule has 0 fully saturated rings. The van der Waals surface area contributed by atoms with Gasteiger partial charge in [-0.25, -0.2) is 0 Å². The van der Waals surface area contributed by atoms with Gasteiger partial charge in [-0.3, -0.25) is 9.69 Å². The predicted octanol–water partition coefficient (Wildman–Crippen LogP) is 2.22. The first kappa shape index (κ1) is 18.4. The van der Waals surface area contributed by atoms with Gasteiger partial charge < -0.3 is 5.32 Å². The Morgan fingerprint density at radius 3 is 1.83 bits per heavy atom. The molecule has 3 nitrogen and oxygen atoms in total. The van der Waals surface area contributed by atoms with Crippen LogP contribution in [0.3, 0.4) is 0 Å². The van der Waals surface area contributed by atoms with Gasteiger partial charge in [-0.2, -0.15) is 0 Å². The molecule has 0 spiro atoms. The Balaban J connectivity index is -0.000000175. The van der Waals surface area contributed by atoms with Crippen LogP contribution in [-0.4, -0.2) is 31.6 Å². The second kappa shape index (κ2) is 17.6. The van der Waals surface area contributed by atoms with Crippen molar-refractivity contribution in [3.8, 4) is 0 Å². The van der Waals surface area contributed by atoms with E-state index in [1.54, 1.807) is 0 Å². The van der Waals surface area contributed by atoms with Crippen molar-refractivity contribution in [1.29, 1.82) is 0 Å². The topological polar surface area (TPSA) is 32.3 Å². The minimum atomic E-state index is 0.0127. The number of halogens is 2. The average molecular weight is 398 g/mol. The fourth-order valence-electron chi connectivity index (χ4n) is 0.269. The minimum absolute atomic E-state index is 0.0127. The number of carbonyl (C=O) groups excluding carboxylic acids is 1. The minimum Gasteiger partial charge on any atom is -0.344 e. The summed E-state index contributed by atoms with van der Waals surface area (Å²) in [7, 11) is 3.80. The van der Waals surface area contributed by atoms with Crippen LogP contribution in [0.1, 0.15) is 6.92 Å². The second-order valence-corrected chi connectivity index (χ2v) is 1.97. The molecule has 0 aromatic rings. The summed E-state index contributed by atoms with van der Waals surface area (Å²) in [6.07, 6.45) is 0. The van der Waals surface area contributed by atoms with Crippen molar-refractivity contribution < 1.29 is 4.79 Å². The number of amides is 1. The SMILES string of the molecule is C=C.CC(=O)NCN(C)C.II. The zero-order valence-corrected chi connectivity index (χ0v) is 12.0. The fraction of sp³-hybridized carbons (Fsp3) is 0.571. The molecule has 1 N–H and O–H groups in total. The molecule has 0 atom stereocenters. The molecule has 74 valence electrons. The molecule has 0 aliphatic heterocycles. The van der Waals surface area contributed by atoms with Gasteiger partial charge in [-0.05, 0) is 14.1 Å². The number of nitrogens with zero attached hydrogens (tertiary/aromatic N) is 1. The van der Waals surface area contributed by atoms with E-state index in [2.05, 4.69) is 55.7 Å². The second-order valence-electron chi connectivity index (χ2n) is 1.97. The van der Waals surface area contributed by atoms with E-state index < -0.39 is 0 Å².